The van der Waals surface area contributed by atoms with Crippen LogP contribution >= 0.6 is 0 Å². The van der Waals surface area contributed by atoms with E-state index >= 15 is 0 Å². The molecule has 0 aliphatic carbocycles. The first-order valence-corrected chi connectivity index (χ1v) is 9.45. The van der Waals surface area contributed by atoms with Crippen LogP contribution in [0.25, 0.3) is 11.0 Å². The second-order valence-electron chi connectivity index (χ2n) is 6.91. The van der Waals surface area contributed by atoms with Gasteiger partial charge in [0.1, 0.15) is 23.9 Å². The van der Waals surface area contributed by atoms with Crippen LogP contribution in [0.3, 0.4) is 0 Å². The molecule has 175 valence electrons. The third-order valence-corrected chi connectivity index (χ3v) is 4.78. The molecule has 1 aliphatic heterocycles. The molecule has 2 aromatic heterocycles. The molecule has 33 heavy (non-hydrogen) atoms. The zero-order valence-corrected chi connectivity index (χ0v) is 17.3. The van der Waals surface area contributed by atoms with E-state index in [1.807, 2.05) is 0 Å². The zero-order valence-electron chi connectivity index (χ0n) is 17.3. The average molecular weight is 466 g/mol. The van der Waals surface area contributed by atoms with Crippen molar-refractivity contribution < 1.29 is 42.0 Å². The summed E-state index contributed by atoms with van der Waals surface area (Å²) in [7, 11) is 2.98. The maximum Gasteiger partial charge on any atom is 0.413 e. The highest BCUT2D eigenvalue weighted by atomic mass is 19.3. The number of carbonyl (C=O) groups excluding carboxylic acids is 1. The summed E-state index contributed by atoms with van der Waals surface area (Å²) in [6, 6.07) is 6.10. The lowest BCUT2D eigenvalue weighted by atomic mass is 10.2. The number of rotatable bonds is 6. The predicted molar refractivity (Wildman–Crippen MR) is 107 cm³/mol. The van der Waals surface area contributed by atoms with E-state index in [0.29, 0.717) is 39.4 Å². The fraction of sp³-hybridized carbons (Fsp3) is 0.300. The molecule has 0 bridgehead atoms. The molecule has 1 amide bonds. The SMILES string of the molecule is COc1cc(OC)c2oc(COC(=O)Nc3ccn([C@@H]4O[CH][C@@H](O)C4(F)F)c(=O)n3)cc2c1. The van der Waals surface area contributed by atoms with Crippen molar-refractivity contribution in [3.63, 3.8) is 0 Å². The largest absolute Gasteiger partial charge is 0.497 e. The van der Waals surface area contributed by atoms with Crippen LogP contribution in [0.1, 0.15) is 12.0 Å². The van der Waals surface area contributed by atoms with E-state index in [2.05, 4.69) is 15.0 Å². The molecule has 0 unspecified atom stereocenters. The van der Waals surface area contributed by atoms with Crippen molar-refractivity contribution in [2.24, 2.45) is 0 Å². The van der Waals surface area contributed by atoms with E-state index in [1.54, 1.807) is 18.2 Å². The van der Waals surface area contributed by atoms with Crippen LogP contribution in [0.4, 0.5) is 19.4 Å². The number of furan rings is 1. The number of halogens is 2. The maximum atomic E-state index is 13.9. The van der Waals surface area contributed by atoms with Crippen molar-refractivity contribution in [2.75, 3.05) is 19.5 Å². The van der Waals surface area contributed by atoms with Crippen LogP contribution in [-0.4, -0.2) is 47.0 Å². The number of ether oxygens (including phenoxy) is 4. The summed E-state index contributed by atoms with van der Waals surface area (Å²) < 4.78 is 54.1. The maximum absolute atomic E-state index is 13.9. The fourth-order valence-corrected chi connectivity index (χ4v) is 3.15. The highest BCUT2D eigenvalue weighted by Gasteiger charge is 2.55. The minimum absolute atomic E-state index is 0.233. The highest BCUT2D eigenvalue weighted by Crippen LogP contribution is 2.40. The minimum atomic E-state index is -3.72. The van der Waals surface area contributed by atoms with Crippen molar-refractivity contribution >= 4 is 22.9 Å². The van der Waals surface area contributed by atoms with Gasteiger partial charge in [-0.2, -0.15) is 13.8 Å². The van der Waals surface area contributed by atoms with E-state index in [-0.39, 0.29) is 12.4 Å². The van der Waals surface area contributed by atoms with Crippen LogP contribution in [0.2, 0.25) is 0 Å². The van der Waals surface area contributed by atoms with Gasteiger partial charge >= 0.3 is 17.7 Å². The third kappa shape index (κ3) is 4.32. The van der Waals surface area contributed by atoms with E-state index < -0.39 is 30.0 Å². The molecule has 2 N–H and O–H groups in total. The molecule has 3 heterocycles. The number of amides is 1. The normalized spacial score (nSPS) is 19.4. The van der Waals surface area contributed by atoms with Gasteiger partial charge in [-0.25, -0.2) is 9.59 Å². The van der Waals surface area contributed by atoms with Gasteiger partial charge in [0.15, 0.2) is 24.0 Å². The molecule has 1 aliphatic rings. The van der Waals surface area contributed by atoms with Crippen LogP contribution in [0.5, 0.6) is 11.5 Å². The molecule has 0 saturated carbocycles. The minimum Gasteiger partial charge on any atom is -0.497 e. The van der Waals surface area contributed by atoms with Crippen molar-refractivity contribution in [2.45, 2.75) is 24.9 Å². The number of methoxy groups -OCH3 is 2. The molecule has 1 aromatic carbocycles. The molecule has 11 nitrogen and oxygen atoms in total. The lowest BCUT2D eigenvalue weighted by molar-refractivity contribution is -0.140. The van der Waals surface area contributed by atoms with Crippen molar-refractivity contribution in [3.05, 3.63) is 53.3 Å². The quantitative estimate of drug-likeness (QED) is 0.562. The number of benzene rings is 1. The van der Waals surface area contributed by atoms with Gasteiger partial charge in [-0.3, -0.25) is 9.88 Å². The molecule has 13 heteroatoms. The monoisotopic (exact) mass is 466 g/mol. The van der Waals surface area contributed by atoms with Crippen LogP contribution in [-0.2, 0) is 16.1 Å². The standard InChI is InChI=1S/C20H18F2N3O8/c1-29-11-5-10-6-12(33-16(10)13(7-11)30-2)8-32-19(28)24-15-3-4-25(18(27)23-15)17-20(21,22)14(26)9-31-17/h3-7,9,14,17,26H,8H2,1-2H3,(H,23,24,27,28)/t14-,17-/m1/s1. The lowest BCUT2D eigenvalue weighted by Crippen LogP contribution is -2.40. The Kier molecular flexibility index (Phi) is 5.91. The first-order chi connectivity index (χ1) is 15.7. The topological polar surface area (TPSA) is 134 Å². The average Bonchev–Trinajstić information content (AvgIpc) is 3.31. The molecule has 1 radical (unpaired) electrons. The summed E-state index contributed by atoms with van der Waals surface area (Å²) >= 11 is 0. The summed E-state index contributed by atoms with van der Waals surface area (Å²) in [5, 5.41) is 12.1. The van der Waals surface area contributed by atoms with Gasteiger partial charge in [-0.05, 0) is 18.2 Å². The van der Waals surface area contributed by atoms with Crippen LogP contribution < -0.4 is 20.5 Å². The van der Waals surface area contributed by atoms with E-state index in [4.69, 9.17) is 18.6 Å². The molecule has 4 rings (SSSR count). The number of alkyl halides is 2. The Hall–Kier alpha value is -3.71. The zero-order chi connectivity index (χ0) is 23.8. The van der Waals surface area contributed by atoms with Gasteiger partial charge in [0.25, 0.3) is 0 Å². The number of aliphatic hydroxyl groups excluding tert-OH is 1. The summed E-state index contributed by atoms with van der Waals surface area (Å²) in [5.74, 6) is -2.65. The van der Waals surface area contributed by atoms with Gasteiger partial charge in [0, 0.05) is 17.6 Å². The summed E-state index contributed by atoms with van der Waals surface area (Å²) in [6.45, 7) is 0.281. The first kappa shape index (κ1) is 22.5. The molecule has 1 saturated heterocycles. The number of nitrogens with one attached hydrogen (secondary N) is 1. The van der Waals surface area contributed by atoms with Gasteiger partial charge in [-0.1, -0.05) is 0 Å². The van der Waals surface area contributed by atoms with E-state index in [1.165, 1.54) is 14.2 Å². The molecule has 2 atom stereocenters. The number of aromatic nitrogens is 2. The van der Waals surface area contributed by atoms with Gasteiger partial charge in [0.2, 0.25) is 6.23 Å². The Labute approximate surface area is 184 Å². The molecule has 0 spiro atoms. The molecular weight excluding hydrogens is 448 g/mol. The summed E-state index contributed by atoms with van der Waals surface area (Å²) in [5.41, 5.74) is -0.686. The number of nitrogens with zero attached hydrogens (tertiary/aromatic N) is 2. The predicted octanol–water partition coefficient (Wildman–Crippen LogP) is 2.44. The van der Waals surface area contributed by atoms with Gasteiger partial charge in [-0.15, -0.1) is 0 Å². The number of fused-ring (bicyclic) bond motifs is 1. The Balaban J connectivity index is 1.41. The molecular formula is C20H18F2N3O8. The van der Waals surface area contributed by atoms with Crippen molar-refractivity contribution in [1.82, 2.24) is 9.55 Å². The van der Waals surface area contributed by atoms with E-state index in [9.17, 15) is 23.5 Å². The van der Waals surface area contributed by atoms with Gasteiger partial charge < -0.3 is 28.5 Å². The summed E-state index contributed by atoms with van der Waals surface area (Å²) in [4.78, 5) is 27.7. The highest BCUT2D eigenvalue weighted by molar-refractivity contribution is 5.86. The second kappa shape index (κ2) is 8.67. The van der Waals surface area contributed by atoms with E-state index in [0.717, 1.165) is 12.3 Å². The van der Waals surface area contributed by atoms with Crippen molar-refractivity contribution in [3.8, 4) is 11.5 Å². The number of carbonyl (C=O) groups is 1. The number of hydrogen-bond donors (Lipinski definition) is 2. The van der Waals surface area contributed by atoms with Gasteiger partial charge in [0.05, 0.1) is 14.2 Å². The first-order valence-electron chi connectivity index (χ1n) is 9.45. The third-order valence-electron chi connectivity index (χ3n) is 4.78. The Morgan fingerprint density at radius 1 is 1.30 bits per heavy atom. The Morgan fingerprint density at radius 3 is 2.73 bits per heavy atom. The van der Waals surface area contributed by atoms with Crippen molar-refractivity contribution in [1.29, 1.82) is 0 Å². The Bertz CT molecular complexity index is 1240. The Morgan fingerprint density at radius 2 is 2.09 bits per heavy atom. The number of anilines is 1. The van der Waals surface area contributed by atoms with Crippen LogP contribution in [0.15, 0.2) is 39.7 Å². The number of aliphatic hydroxyl groups is 1. The number of hydrogen-bond acceptors (Lipinski definition) is 9. The lowest BCUT2D eigenvalue weighted by Gasteiger charge is -2.21. The smallest absolute Gasteiger partial charge is 0.413 e. The summed E-state index contributed by atoms with van der Waals surface area (Å²) in [6.07, 6.45) is -4.23. The molecule has 1 fully saturated rings. The second-order valence-corrected chi connectivity index (χ2v) is 6.91. The fourth-order valence-electron chi connectivity index (χ4n) is 3.15. The molecule has 3 aromatic rings. The van der Waals surface area contributed by atoms with Crippen LogP contribution in [0, 0.1) is 6.61 Å².